The quantitative estimate of drug-likeness (QED) is 0.475. The van der Waals surface area contributed by atoms with Gasteiger partial charge < -0.3 is 19.7 Å². The second kappa shape index (κ2) is 13.3. The molecule has 0 saturated carbocycles. The Labute approximate surface area is 228 Å². The first-order valence-corrected chi connectivity index (χ1v) is 13.4. The number of ether oxygens (including phenoxy) is 2. The van der Waals surface area contributed by atoms with Crippen LogP contribution in [0.1, 0.15) is 21.6 Å². The van der Waals surface area contributed by atoms with Crippen LogP contribution in [0.15, 0.2) is 67.0 Å². The standard InChI is InChI=1S/C29H34N6O4/c36-28(24-6-4-23(5-7-24)22-34-17-19-38-20-18-34)32-27-9-8-26(21-31-27)39-29(37)35-15-13-33(14-16-35)12-10-25-3-1-2-11-30-25/h1-9,11,21H,10,12-20,22H2,(H,31,32,36). The molecule has 0 bridgehead atoms. The highest BCUT2D eigenvalue weighted by Gasteiger charge is 2.22. The summed E-state index contributed by atoms with van der Waals surface area (Å²) in [6, 6.07) is 16.8. The summed E-state index contributed by atoms with van der Waals surface area (Å²) in [7, 11) is 0. The molecule has 2 saturated heterocycles. The molecule has 5 rings (SSSR count). The number of carbonyl (C=O) groups is 2. The second-order valence-electron chi connectivity index (χ2n) is 9.69. The average Bonchev–Trinajstić information content (AvgIpc) is 2.99. The van der Waals surface area contributed by atoms with Gasteiger partial charge in [-0.25, -0.2) is 9.78 Å². The van der Waals surface area contributed by atoms with Crippen LogP contribution in [0.25, 0.3) is 0 Å². The molecule has 1 aromatic carbocycles. The lowest BCUT2D eigenvalue weighted by Gasteiger charge is -2.33. The van der Waals surface area contributed by atoms with E-state index in [1.165, 1.54) is 6.20 Å². The van der Waals surface area contributed by atoms with Gasteiger partial charge in [0, 0.05) is 76.2 Å². The second-order valence-corrected chi connectivity index (χ2v) is 9.69. The highest BCUT2D eigenvalue weighted by Crippen LogP contribution is 2.16. The number of morpholine rings is 1. The van der Waals surface area contributed by atoms with Crippen molar-refractivity contribution < 1.29 is 19.1 Å². The molecule has 2 aromatic heterocycles. The van der Waals surface area contributed by atoms with Crippen molar-refractivity contribution in [2.75, 3.05) is 64.3 Å². The van der Waals surface area contributed by atoms with E-state index in [0.717, 1.165) is 70.2 Å². The molecule has 204 valence electrons. The molecule has 1 N–H and O–H groups in total. The van der Waals surface area contributed by atoms with E-state index >= 15 is 0 Å². The largest absolute Gasteiger partial charge is 0.415 e. The van der Waals surface area contributed by atoms with Crippen LogP contribution in [0.3, 0.4) is 0 Å². The summed E-state index contributed by atoms with van der Waals surface area (Å²) in [5.74, 6) is 0.479. The number of rotatable bonds is 8. The smallest absolute Gasteiger partial charge is 0.409 e. The molecule has 2 amide bonds. The third-order valence-corrected chi connectivity index (χ3v) is 6.95. The molecule has 2 aliphatic heterocycles. The zero-order valence-corrected chi connectivity index (χ0v) is 22.0. The first-order chi connectivity index (χ1) is 19.1. The molecule has 0 atom stereocenters. The number of hydrogen-bond donors (Lipinski definition) is 1. The van der Waals surface area contributed by atoms with Crippen LogP contribution in [0.4, 0.5) is 10.6 Å². The fraction of sp³-hybridized carbons (Fsp3) is 0.379. The van der Waals surface area contributed by atoms with Gasteiger partial charge in [0.1, 0.15) is 5.82 Å². The maximum Gasteiger partial charge on any atom is 0.415 e. The van der Waals surface area contributed by atoms with Crippen molar-refractivity contribution in [2.45, 2.75) is 13.0 Å². The van der Waals surface area contributed by atoms with Gasteiger partial charge in [0.25, 0.3) is 5.91 Å². The number of benzene rings is 1. The van der Waals surface area contributed by atoms with Crippen LogP contribution in [0, 0.1) is 0 Å². The fourth-order valence-electron chi connectivity index (χ4n) is 4.62. The monoisotopic (exact) mass is 530 g/mol. The van der Waals surface area contributed by atoms with Crippen LogP contribution in [-0.4, -0.2) is 95.7 Å². The molecular weight excluding hydrogens is 496 g/mol. The molecule has 0 spiro atoms. The topological polar surface area (TPSA) is 100 Å². The van der Waals surface area contributed by atoms with Gasteiger partial charge in [-0.05, 0) is 42.0 Å². The van der Waals surface area contributed by atoms with Crippen molar-refractivity contribution >= 4 is 17.8 Å². The average molecular weight is 531 g/mol. The number of nitrogens with one attached hydrogen (secondary N) is 1. The van der Waals surface area contributed by atoms with E-state index in [1.54, 1.807) is 17.0 Å². The van der Waals surface area contributed by atoms with Crippen molar-refractivity contribution in [3.8, 4) is 5.75 Å². The molecular formula is C29H34N6O4. The summed E-state index contributed by atoms with van der Waals surface area (Å²) in [6.45, 7) is 7.91. The van der Waals surface area contributed by atoms with E-state index in [0.29, 0.717) is 30.2 Å². The number of hydrogen-bond acceptors (Lipinski definition) is 8. The molecule has 10 heteroatoms. The summed E-state index contributed by atoms with van der Waals surface area (Å²) < 4.78 is 10.9. The summed E-state index contributed by atoms with van der Waals surface area (Å²) in [6.07, 6.45) is 3.75. The molecule has 0 unspecified atom stereocenters. The van der Waals surface area contributed by atoms with Gasteiger partial charge >= 0.3 is 6.09 Å². The summed E-state index contributed by atoms with van der Waals surface area (Å²) >= 11 is 0. The van der Waals surface area contributed by atoms with Gasteiger partial charge in [-0.15, -0.1) is 0 Å². The lowest BCUT2D eigenvalue weighted by Crippen LogP contribution is -2.49. The molecule has 39 heavy (non-hydrogen) atoms. The lowest BCUT2D eigenvalue weighted by molar-refractivity contribution is 0.0342. The van der Waals surface area contributed by atoms with Crippen LogP contribution >= 0.6 is 0 Å². The van der Waals surface area contributed by atoms with Crippen molar-refractivity contribution in [3.05, 3.63) is 83.8 Å². The van der Waals surface area contributed by atoms with Gasteiger partial charge in [0.2, 0.25) is 0 Å². The Bertz CT molecular complexity index is 1210. The van der Waals surface area contributed by atoms with E-state index in [1.807, 2.05) is 48.7 Å². The Balaban J connectivity index is 1.04. The Morgan fingerprint density at radius 2 is 1.67 bits per heavy atom. The number of aromatic nitrogens is 2. The Hall–Kier alpha value is -3.86. The highest BCUT2D eigenvalue weighted by molar-refractivity contribution is 6.03. The number of piperazine rings is 1. The van der Waals surface area contributed by atoms with E-state index in [4.69, 9.17) is 9.47 Å². The van der Waals surface area contributed by atoms with Crippen molar-refractivity contribution in [2.24, 2.45) is 0 Å². The SMILES string of the molecule is O=C(Nc1ccc(OC(=O)N2CCN(CCc3ccccn3)CC2)cn1)c1ccc(CN2CCOCC2)cc1. The molecule has 3 aromatic rings. The minimum absolute atomic E-state index is 0.244. The number of nitrogens with zero attached hydrogens (tertiary/aromatic N) is 5. The first-order valence-electron chi connectivity index (χ1n) is 13.4. The zero-order valence-electron chi connectivity index (χ0n) is 22.0. The minimum atomic E-state index is -0.393. The Kier molecular flexibility index (Phi) is 9.10. The minimum Gasteiger partial charge on any atom is -0.409 e. The lowest BCUT2D eigenvalue weighted by atomic mass is 10.1. The molecule has 0 radical (unpaired) electrons. The van der Waals surface area contributed by atoms with Gasteiger partial charge in [-0.1, -0.05) is 18.2 Å². The van der Waals surface area contributed by atoms with Gasteiger partial charge in [0.05, 0.1) is 19.4 Å². The normalized spacial score (nSPS) is 16.6. The maximum atomic E-state index is 12.7. The first kappa shape index (κ1) is 26.7. The number of carbonyl (C=O) groups excluding carboxylic acids is 2. The third kappa shape index (κ3) is 7.82. The molecule has 4 heterocycles. The number of anilines is 1. The van der Waals surface area contributed by atoms with Crippen molar-refractivity contribution in [3.63, 3.8) is 0 Å². The zero-order chi connectivity index (χ0) is 26.9. The van der Waals surface area contributed by atoms with Gasteiger partial charge in [-0.3, -0.25) is 19.6 Å². The molecule has 0 aliphatic carbocycles. The van der Waals surface area contributed by atoms with Crippen molar-refractivity contribution in [1.29, 1.82) is 0 Å². The van der Waals surface area contributed by atoms with E-state index in [2.05, 4.69) is 25.1 Å². The maximum absolute atomic E-state index is 12.7. The van der Waals surface area contributed by atoms with Crippen LogP contribution in [0.2, 0.25) is 0 Å². The Morgan fingerprint density at radius 3 is 2.36 bits per heavy atom. The van der Waals surface area contributed by atoms with E-state index in [9.17, 15) is 9.59 Å². The summed E-state index contributed by atoms with van der Waals surface area (Å²) in [4.78, 5) is 40.3. The molecule has 2 aliphatic rings. The van der Waals surface area contributed by atoms with E-state index < -0.39 is 6.09 Å². The fourth-order valence-corrected chi connectivity index (χ4v) is 4.62. The predicted molar refractivity (Wildman–Crippen MR) is 147 cm³/mol. The van der Waals surface area contributed by atoms with Gasteiger partial charge in [-0.2, -0.15) is 0 Å². The van der Waals surface area contributed by atoms with E-state index in [-0.39, 0.29) is 5.91 Å². The van der Waals surface area contributed by atoms with Crippen LogP contribution in [0.5, 0.6) is 5.75 Å². The highest BCUT2D eigenvalue weighted by atomic mass is 16.6. The van der Waals surface area contributed by atoms with Crippen LogP contribution < -0.4 is 10.1 Å². The molecule has 2 fully saturated rings. The van der Waals surface area contributed by atoms with Crippen molar-refractivity contribution in [1.82, 2.24) is 24.7 Å². The Morgan fingerprint density at radius 1 is 0.872 bits per heavy atom. The number of amides is 2. The number of pyridine rings is 2. The third-order valence-electron chi connectivity index (χ3n) is 6.95. The molecule has 10 nitrogen and oxygen atoms in total. The summed E-state index contributed by atoms with van der Waals surface area (Å²) in [5, 5.41) is 2.79. The van der Waals surface area contributed by atoms with Gasteiger partial charge in [0.15, 0.2) is 5.75 Å². The predicted octanol–water partition coefficient (Wildman–Crippen LogP) is 2.92. The van der Waals surface area contributed by atoms with Crippen LogP contribution in [-0.2, 0) is 17.7 Å². The summed E-state index contributed by atoms with van der Waals surface area (Å²) in [5.41, 5.74) is 2.78.